The lowest BCUT2D eigenvalue weighted by molar-refractivity contribution is -0.148. The number of aliphatic carboxylic acids is 1. The Hall–Kier alpha value is -2.93. The van der Waals surface area contributed by atoms with Gasteiger partial charge in [0.15, 0.2) is 0 Å². The number of carboxylic acid groups (broad SMARTS) is 1. The van der Waals surface area contributed by atoms with Crippen molar-refractivity contribution in [2.75, 3.05) is 13.2 Å². The first-order valence-corrected chi connectivity index (χ1v) is 8.34. The molecule has 1 fully saturated rings. The molecule has 2 heterocycles. The Labute approximate surface area is 151 Å². The molecule has 7 heteroatoms. The lowest BCUT2D eigenvalue weighted by Crippen LogP contribution is -2.57. The molecule has 0 aliphatic carbocycles. The highest BCUT2D eigenvalue weighted by Gasteiger charge is 2.41. The van der Waals surface area contributed by atoms with E-state index in [1.807, 2.05) is 12.1 Å². The summed E-state index contributed by atoms with van der Waals surface area (Å²) >= 11 is 0. The van der Waals surface area contributed by atoms with Gasteiger partial charge in [0.2, 0.25) is 0 Å². The second-order valence-corrected chi connectivity index (χ2v) is 6.12. The van der Waals surface area contributed by atoms with E-state index >= 15 is 0 Å². The van der Waals surface area contributed by atoms with E-state index in [0.29, 0.717) is 31.1 Å². The van der Waals surface area contributed by atoms with E-state index in [1.165, 1.54) is 0 Å². The molecule has 0 unspecified atom stereocenters. The Morgan fingerprint density at radius 1 is 1.12 bits per heavy atom. The van der Waals surface area contributed by atoms with Gasteiger partial charge in [-0.1, -0.05) is 0 Å². The van der Waals surface area contributed by atoms with Gasteiger partial charge in [0.1, 0.15) is 17.9 Å². The van der Waals surface area contributed by atoms with Crippen LogP contribution in [0.4, 0.5) is 0 Å². The second-order valence-electron chi connectivity index (χ2n) is 6.12. The number of carbonyl (C=O) groups excluding carboxylic acids is 1. The third-order valence-corrected chi connectivity index (χ3v) is 4.38. The van der Waals surface area contributed by atoms with E-state index in [0.717, 1.165) is 5.56 Å². The summed E-state index contributed by atoms with van der Waals surface area (Å²) in [7, 11) is 0. The maximum atomic E-state index is 12.5. The Bertz CT molecular complexity index is 755. The van der Waals surface area contributed by atoms with Crippen LogP contribution < -0.4 is 10.1 Å². The molecule has 1 aliphatic heterocycles. The minimum Gasteiger partial charge on any atom is -0.489 e. The highest BCUT2D eigenvalue weighted by molar-refractivity contribution is 5.98. The molecule has 2 N–H and O–H groups in total. The van der Waals surface area contributed by atoms with Crippen LogP contribution in [0.25, 0.3) is 0 Å². The molecule has 136 valence electrons. The van der Waals surface area contributed by atoms with Gasteiger partial charge in [-0.25, -0.2) is 4.79 Å². The number of rotatable bonds is 6. The van der Waals surface area contributed by atoms with Crippen LogP contribution in [0.3, 0.4) is 0 Å². The molecule has 0 radical (unpaired) electrons. The number of pyridine rings is 1. The van der Waals surface area contributed by atoms with Gasteiger partial charge in [0.25, 0.3) is 5.91 Å². The molecule has 0 spiro atoms. The molecule has 2 aromatic rings. The molecule has 1 aliphatic rings. The fourth-order valence-corrected chi connectivity index (χ4v) is 2.75. The van der Waals surface area contributed by atoms with Crippen molar-refractivity contribution < 1.29 is 24.2 Å². The number of carboxylic acids is 1. The lowest BCUT2D eigenvalue weighted by Gasteiger charge is -2.33. The SMILES string of the molecule is O=C(NC1(C(=O)O)CCOCC1)c1ccc(OCc2ccncc2)cc1. The van der Waals surface area contributed by atoms with Gasteiger partial charge in [-0.05, 0) is 42.0 Å². The molecule has 0 bridgehead atoms. The predicted molar refractivity (Wildman–Crippen MR) is 92.9 cm³/mol. The molecular formula is C19H20N2O5. The normalized spacial score (nSPS) is 15.8. The average molecular weight is 356 g/mol. The third-order valence-electron chi connectivity index (χ3n) is 4.38. The Balaban J connectivity index is 1.62. The molecule has 0 saturated carbocycles. The summed E-state index contributed by atoms with van der Waals surface area (Å²) in [6.45, 7) is 1.03. The van der Waals surface area contributed by atoms with Crippen LogP contribution in [0, 0.1) is 0 Å². The first-order chi connectivity index (χ1) is 12.6. The number of amides is 1. The largest absolute Gasteiger partial charge is 0.489 e. The fourth-order valence-electron chi connectivity index (χ4n) is 2.75. The fraction of sp³-hybridized carbons (Fsp3) is 0.316. The zero-order chi connectivity index (χ0) is 18.4. The molecule has 1 aromatic carbocycles. The molecule has 1 aromatic heterocycles. The van der Waals surface area contributed by atoms with Crippen LogP contribution in [0.5, 0.6) is 5.75 Å². The first kappa shape index (κ1) is 17.9. The molecule has 3 rings (SSSR count). The number of hydrogen-bond acceptors (Lipinski definition) is 5. The highest BCUT2D eigenvalue weighted by Crippen LogP contribution is 2.22. The van der Waals surface area contributed by atoms with E-state index in [2.05, 4.69) is 10.3 Å². The Kier molecular flexibility index (Phi) is 5.48. The summed E-state index contributed by atoms with van der Waals surface area (Å²) in [6, 6.07) is 10.3. The minimum atomic E-state index is -1.27. The van der Waals surface area contributed by atoms with Crippen molar-refractivity contribution in [2.45, 2.75) is 25.0 Å². The van der Waals surface area contributed by atoms with E-state index in [-0.39, 0.29) is 12.8 Å². The summed E-state index contributed by atoms with van der Waals surface area (Å²) < 4.78 is 10.9. The van der Waals surface area contributed by atoms with Crippen LogP contribution >= 0.6 is 0 Å². The van der Waals surface area contributed by atoms with Crippen LogP contribution in [-0.2, 0) is 16.1 Å². The van der Waals surface area contributed by atoms with Crippen molar-refractivity contribution in [2.24, 2.45) is 0 Å². The van der Waals surface area contributed by atoms with E-state index in [4.69, 9.17) is 9.47 Å². The highest BCUT2D eigenvalue weighted by atomic mass is 16.5. The smallest absolute Gasteiger partial charge is 0.329 e. The maximum Gasteiger partial charge on any atom is 0.329 e. The lowest BCUT2D eigenvalue weighted by atomic mass is 9.89. The van der Waals surface area contributed by atoms with Crippen molar-refractivity contribution in [3.05, 3.63) is 59.9 Å². The number of benzene rings is 1. The van der Waals surface area contributed by atoms with Gasteiger partial charge in [-0.2, -0.15) is 0 Å². The number of hydrogen-bond donors (Lipinski definition) is 2. The van der Waals surface area contributed by atoms with E-state index < -0.39 is 17.4 Å². The van der Waals surface area contributed by atoms with Gasteiger partial charge in [0.05, 0.1) is 0 Å². The van der Waals surface area contributed by atoms with Crippen molar-refractivity contribution in [1.82, 2.24) is 10.3 Å². The quantitative estimate of drug-likeness (QED) is 0.822. The van der Waals surface area contributed by atoms with Crippen LogP contribution in [0.2, 0.25) is 0 Å². The Morgan fingerprint density at radius 2 is 1.77 bits per heavy atom. The zero-order valence-electron chi connectivity index (χ0n) is 14.2. The molecular weight excluding hydrogens is 336 g/mol. The van der Waals surface area contributed by atoms with Crippen molar-refractivity contribution in [1.29, 1.82) is 0 Å². The number of aromatic nitrogens is 1. The zero-order valence-corrected chi connectivity index (χ0v) is 14.2. The van der Waals surface area contributed by atoms with Gasteiger partial charge >= 0.3 is 5.97 Å². The van der Waals surface area contributed by atoms with Crippen LogP contribution in [0.15, 0.2) is 48.8 Å². The summed E-state index contributed by atoms with van der Waals surface area (Å²) in [5, 5.41) is 12.2. The molecule has 1 saturated heterocycles. The van der Waals surface area contributed by atoms with Gasteiger partial charge < -0.3 is 19.9 Å². The average Bonchev–Trinajstić information content (AvgIpc) is 2.68. The summed E-state index contributed by atoms with van der Waals surface area (Å²) in [6.07, 6.45) is 3.89. The van der Waals surface area contributed by atoms with Crippen LogP contribution in [-0.4, -0.2) is 40.7 Å². The number of nitrogens with zero attached hydrogens (tertiary/aromatic N) is 1. The molecule has 26 heavy (non-hydrogen) atoms. The van der Waals surface area contributed by atoms with Crippen molar-refractivity contribution in [3.8, 4) is 5.75 Å². The molecule has 1 amide bonds. The standard InChI is InChI=1S/C19H20N2O5/c22-17(21-19(18(23)24)7-11-25-12-8-19)15-1-3-16(4-2-15)26-13-14-5-9-20-10-6-14/h1-6,9-10H,7-8,11-13H2,(H,21,22)(H,23,24). The number of nitrogens with one attached hydrogen (secondary N) is 1. The summed E-state index contributed by atoms with van der Waals surface area (Å²) in [4.78, 5) is 28.0. The monoisotopic (exact) mass is 356 g/mol. The molecule has 0 atom stereocenters. The van der Waals surface area contributed by atoms with Gasteiger partial charge in [0, 0.05) is 44.0 Å². The predicted octanol–water partition coefficient (Wildman–Crippen LogP) is 2.02. The topological polar surface area (TPSA) is 97.8 Å². The third kappa shape index (κ3) is 4.18. The van der Waals surface area contributed by atoms with Crippen LogP contribution in [0.1, 0.15) is 28.8 Å². The summed E-state index contributed by atoms with van der Waals surface area (Å²) in [5.74, 6) is -0.834. The van der Waals surface area contributed by atoms with E-state index in [9.17, 15) is 14.7 Å². The summed E-state index contributed by atoms with van der Waals surface area (Å²) in [5.41, 5.74) is 0.101. The molecule has 7 nitrogen and oxygen atoms in total. The number of ether oxygens (including phenoxy) is 2. The second kappa shape index (κ2) is 7.97. The van der Waals surface area contributed by atoms with Crippen molar-refractivity contribution in [3.63, 3.8) is 0 Å². The van der Waals surface area contributed by atoms with Gasteiger partial charge in [-0.15, -0.1) is 0 Å². The van der Waals surface area contributed by atoms with E-state index in [1.54, 1.807) is 36.7 Å². The van der Waals surface area contributed by atoms with Gasteiger partial charge in [-0.3, -0.25) is 9.78 Å². The minimum absolute atomic E-state index is 0.251. The maximum absolute atomic E-state index is 12.5. The Morgan fingerprint density at radius 3 is 2.38 bits per heavy atom. The van der Waals surface area contributed by atoms with Crippen molar-refractivity contribution >= 4 is 11.9 Å². The first-order valence-electron chi connectivity index (χ1n) is 8.34. The number of carbonyl (C=O) groups is 2.